The molecule has 2 rings (SSSR count). The molecule has 1 N–H and O–H groups in total. The Morgan fingerprint density at radius 2 is 1.84 bits per heavy atom. The van der Waals surface area contributed by atoms with Gasteiger partial charge < -0.3 is 10.0 Å². The predicted octanol–water partition coefficient (Wildman–Crippen LogP) is 2.56. The van der Waals surface area contributed by atoms with Gasteiger partial charge in [-0.2, -0.15) is 0 Å². The summed E-state index contributed by atoms with van der Waals surface area (Å²) in [4.78, 5) is 21.0. The minimum Gasteiger partial charge on any atom is -0.477 e. The summed E-state index contributed by atoms with van der Waals surface area (Å²) in [6, 6.07) is 8.48. The molecule has 0 fully saturated rings. The zero-order chi connectivity index (χ0) is 14.0. The molecular formula is C13H12ClN3O2. The number of anilines is 1. The maximum absolute atomic E-state index is 11.1. The molecule has 6 heteroatoms. The van der Waals surface area contributed by atoms with Crippen molar-refractivity contribution in [2.24, 2.45) is 0 Å². The van der Waals surface area contributed by atoms with Gasteiger partial charge in [-0.1, -0.05) is 23.7 Å². The summed E-state index contributed by atoms with van der Waals surface area (Å²) in [5.41, 5.74) is 1.30. The van der Waals surface area contributed by atoms with Crippen LogP contribution in [0.15, 0.2) is 30.3 Å². The quantitative estimate of drug-likeness (QED) is 0.934. The van der Waals surface area contributed by atoms with Crippen LogP contribution >= 0.6 is 11.6 Å². The molecule has 0 aliphatic rings. The molecule has 1 aromatic heterocycles. The van der Waals surface area contributed by atoms with Gasteiger partial charge in [0.25, 0.3) is 0 Å². The van der Waals surface area contributed by atoms with Crippen molar-refractivity contribution in [3.8, 4) is 11.3 Å². The molecule has 19 heavy (non-hydrogen) atoms. The highest BCUT2D eigenvalue weighted by Gasteiger charge is 2.12. The molecule has 0 amide bonds. The van der Waals surface area contributed by atoms with Crippen LogP contribution in [-0.4, -0.2) is 35.1 Å². The number of aromatic carboxylic acids is 1. The molecule has 0 atom stereocenters. The maximum Gasteiger partial charge on any atom is 0.354 e. The second-order valence-electron chi connectivity index (χ2n) is 4.14. The van der Waals surface area contributed by atoms with Crippen molar-refractivity contribution >= 4 is 23.5 Å². The molecule has 1 heterocycles. The number of hydrogen-bond donors (Lipinski definition) is 1. The Morgan fingerprint density at radius 3 is 2.37 bits per heavy atom. The van der Waals surface area contributed by atoms with E-state index in [0.29, 0.717) is 16.7 Å². The van der Waals surface area contributed by atoms with Crippen LogP contribution in [0.4, 0.5) is 5.95 Å². The molecule has 0 aliphatic carbocycles. The average molecular weight is 278 g/mol. The monoisotopic (exact) mass is 277 g/mol. The summed E-state index contributed by atoms with van der Waals surface area (Å²) >= 11 is 5.83. The summed E-state index contributed by atoms with van der Waals surface area (Å²) in [6.45, 7) is 0. The lowest BCUT2D eigenvalue weighted by atomic mass is 10.1. The van der Waals surface area contributed by atoms with Gasteiger partial charge in [0.05, 0.1) is 5.69 Å². The molecule has 98 valence electrons. The summed E-state index contributed by atoms with van der Waals surface area (Å²) < 4.78 is 0. The molecule has 0 radical (unpaired) electrons. The maximum atomic E-state index is 11.1. The topological polar surface area (TPSA) is 66.3 Å². The fourth-order valence-electron chi connectivity index (χ4n) is 1.51. The van der Waals surface area contributed by atoms with Crippen molar-refractivity contribution in [1.29, 1.82) is 0 Å². The molecule has 1 aromatic carbocycles. The number of carboxylic acid groups (broad SMARTS) is 1. The van der Waals surface area contributed by atoms with E-state index < -0.39 is 5.97 Å². The van der Waals surface area contributed by atoms with Gasteiger partial charge in [-0.15, -0.1) is 0 Å². The van der Waals surface area contributed by atoms with E-state index in [0.717, 1.165) is 5.56 Å². The molecule has 0 bridgehead atoms. The van der Waals surface area contributed by atoms with E-state index >= 15 is 0 Å². The molecule has 0 saturated carbocycles. The predicted molar refractivity (Wildman–Crippen MR) is 73.8 cm³/mol. The van der Waals surface area contributed by atoms with Crippen LogP contribution in [0.2, 0.25) is 5.02 Å². The lowest BCUT2D eigenvalue weighted by Gasteiger charge is -2.12. The minimum absolute atomic E-state index is 0.0383. The second-order valence-corrected chi connectivity index (χ2v) is 4.58. The van der Waals surface area contributed by atoms with Crippen molar-refractivity contribution in [2.45, 2.75) is 0 Å². The summed E-state index contributed by atoms with van der Waals surface area (Å²) in [6.07, 6.45) is 0. The molecule has 0 unspecified atom stereocenters. The van der Waals surface area contributed by atoms with Gasteiger partial charge in [0, 0.05) is 24.7 Å². The van der Waals surface area contributed by atoms with Crippen LogP contribution in [0.1, 0.15) is 10.5 Å². The number of carboxylic acids is 1. The first kappa shape index (κ1) is 13.3. The van der Waals surface area contributed by atoms with Crippen molar-refractivity contribution in [3.63, 3.8) is 0 Å². The van der Waals surface area contributed by atoms with Gasteiger partial charge in [0.15, 0.2) is 5.69 Å². The van der Waals surface area contributed by atoms with Crippen LogP contribution < -0.4 is 4.90 Å². The van der Waals surface area contributed by atoms with Crippen LogP contribution in [0.3, 0.4) is 0 Å². The van der Waals surface area contributed by atoms with Crippen LogP contribution in [0.5, 0.6) is 0 Å². The third kappa shape index (κ3) is 3.00. The highest BCUT2D eigenvalue weighted by molar-refractivity contribution is 6.30. The highest BCUT2D eigenvalue weighted by atomic mass is 35.5. The number of aromatic nitrogens is 2. The van der Waals surface area contributed by atoms with Crippen LogP contribution in [0.25, 0.3) is 11.3 Å². The number of rotatable bonds is 3. The molecule has 0 spiro atoms. The van der Waals surface area contributed by atoms with E-state index in [4.69, 9.17) is 16.7 Å². The fraction of sp³-hybridized carbons (Fsp3) is 0.154. The van der Waals surface area contributed by atoms with Crippen molar-refractivity contribution < 1.29 is 9.90 Å². The number of hydrogen-bond acceptors (Lipinski definition) is 4. The van der Waals surface area contributed by atoms with Crippen molar-refractivity contribution in [1.82, 2.24) is 9.97 Å². The molecule has 5 nitrogen and oxygen atoms in total. The largest absolute Gasteiger partial charge is 0.477 e. The number of nitrogens with zero attached hydrogens (tertiary/aromatic N) is 3. The lowest BCUT2D eigenvalue weighted by molar-refractivity contribution is 0.0690. The zero-order valence-electron chi connectivity index (χ0n) is 10.5. The SMILES string of the molecule is CN(C)c1nc(C(=O)O)cc(-c2ccc(Cl)cc2)n1. The highest BCUT2D eigenvalue weighted by Crippen LogP contribution is 2.22. The molecule has 0 saturated heterocycles. The summed E-state index contributed by atoms with van der Waals surface area (Å²) in [5.74, 6) is -0.731. The number of benzene rings is 1. The van der Waals surface area contributed by atoms with Gasteiger partial charge in [-0.05, 0) is 18.2 Å². The van der Waals surface area contributed by atoms with E-state index in [2.05, 4.69) is 9.97 Å². The van der Waals surface area contributed by atoms with Crippen LogP contribution in [-0.2, 0) is 0 Å². The van der Waals surface area contributed by atoms with E-state index in [1.54, 1.807) is 43.3 Å². The fourth-order valence-corrected chi connectivity index (χ4v) is 1.64. The molecule has 2 aromatic rings. The first-order valence-corrected chi connectivity index (χ1v) is 5.91. The first-order chi connectivity index (χ1) is 8.97. The smallest absolute Gasteiger partial charge is 0.354 e. The standard InChI is InChI=1S/C13H12ClN3O2/c1-17(2)13-15-10(7-11(16-13)12(18)19)8-3-5-9(14)6-4-8/h3-7H,1-2H3,(H,18,19). The number of carbonyl (C=O) groups is 1. The van der Waals surface area contributed by atoms with Crippen molar-refractivity contribution in [3.05, 3.63) is 41.0 Å². The normalized spacial score (nSPS) is 10.3. The Balaban J connectivity index is 2.55. The Morgan fingerprint density at radius 1 is 1.21 bits per heavy atom. The van der Waals surface area contributed by atoms with E-state index in [-0.39, 0.29) is 5.69 Å². The van der Waals surface area contributed by atoms with Gasteiger partial charge >= 0.3 is 5.97 Å². The summed E-state index contributed by atoms with van der Waals surface area (Å²) in [5, 5.41) is 9.69. The lowest BCUT2D eigenvalue weighted by Crippen LogP contribution is -2.15. The Hall–Kier alpha value is -2.14. The molecular weight excluding hydrogens is 266 g/mol. The Bertz CT molecular complexity index is 612. The van der Waals surface area contributed by atoms with Gasteiger partial charge in [0.1, 0.15) is 0 Å². The third-order valence-corrected chi connectivity index (χ3v) is 2.73. The van der Waals surface area contributed by atoms with E-state index in [1.807, 2.05) is 0 Å². The van der Waals surface area contributed by atoms with Gasteiger partial charge in [-0.3, -0.25) is 0 Å². The Kier molecular flexibility index (Phi) is 3.66. The van der Waals surface area contributed by atoms with Crippen molar-refractivity contribution in [2.75, 3.05) is 19.0 Å². The Labute approximate surface area is 115 Å². The zero-order valence-corrected chi connectivity index (χ0v) is 11.2. The second kappa shape index (κ2) is 5.24. The van der Waals surface area contributed by atoms with E-state index in [9.17, 15) is 4.79 Å². The van der Waals surface area contributed by atoms with Gasteiger partial charge in [0.2, 0.25) is 5.95 Å². The van der Waals surface area contributed by atoms with Gasteiger partial charge in [-0.25, -0.2) is 14.8 Å². The van der Waals surface area contributed by atoms with E-state index in [1.165, 1.54) is 6.07 Å². The first-order valence-electron chi connectivity index (χ1n) is 5.53. The summed E-state index contributed by atoms with van der Waals surface area (Å²) in [7, 11) is 3.51. The number of halogens is 1. The van der Waals surface area contributed by atoms with Crippen LogP contribution in [0, 0.1) is 0 Å². The molecule has 0 aliphatic heterocycles. The third-order valence-electron chi connectivity index (χ3n) is 2.47. The average Bonchev–Trinajstić information content (AvgIpc) is 2.39. The minimum atomic E-state index is -1.08.